The summed E-state index contributed by atoms with van der Waals surface area (Å²) in [5.74, 6) is -0.736. The number of hydrogen-bond donors (Lipinski definition) is 1. The van der Waals surface area contributed by atoms with E-state index in [4.69, 9.17) is 5.26 Å². The molecule has 0 radical (unpaired) electrons. The molecule has 104 valence electrons. The fourth-order valence-corrected chi connectivity index (χ4v) is 3.47. The van der Waals surface area contributed by atoms with E-state index in [-0.39, 0.29) is 17.0 Å². The van der Waals surface area contributed by atoms with E-state index >= 15 is 0 Å². The highest BCUT2D eigenvalue weighted by atomic mass is 32.2. The van der Waals surface area contributed by atoms with Crippen molar-refractivity contribution < 1.29 is 12.8 Å². The first-order valence-electron chi connectivity index (χ1n) is 5.65. The number of nitrogens with one attached hydrogen (secondary N) is 1. The SMILES string of the molecule is Cc1cscc1CNS(=O)(=O)c1ccc(F)c(C#N)c1. The van der Waals surface area contributed by atoms with Crippen molar-refractivity contribution >= 4 is 21.4 Å². The van der Waals surface area contributed by atoms with E-state index in [9.17, 15) is 12.8 Å². The van der Waals surface area contributed by atoms with Crippen LogP contribution in [0, 0.1) is 24.1 Å². The molecule has 1 aromatic carbocycles. The van der Waals surface area contributed by atoms with Gasteiger partial charge < -0.3 is 0 Å². The van der Waals surface area contributed by atoms with Gasteiger partial charge in [-0.2, -0.15) is 16.6 Å². The maximum absolute atomic E-state index is 13.2. The van der Waals surface area contributed by atoms with Crippen molar-refractivity contribution in [3.8, 4) is 6.07 Å². The highest BCUT2D eigenvalue weighted by molar-refractivity contribution is 7.89. The fourth-order valence-electron chi connectivity index (χ4n) is 1.58. The van der Waals surface area contributed by atoms with Crippen LogP contribution in [0.3, 0.4) is 0 Å². The van der Waals surface area contributed by atoms with Crippen LogP contribution in [0.2, 0.25) is 0 Å². The summed E-state index contributed by atoms with van der Waals surface area (Å²) in [6, 6.07) is 4.76. The molecule has 0 saturated heterocycles. The van der Waals surface area contributed by atoms with E-state index in [1.807, 2.05) is 17.7 Å². The molecule has 2 aromatic rings. The number of benzene rings is 1. The number of nitrogens with zero attached hydrogens (tertiary/aromatic N) is 1. The topological polar surface area (TPSA) is 70.0 Å². The van der Waals surface area contributed by atoms with E-state index < -0.39 is 15.8 Å². The van der Waals surface area contributed by atoms with Gasteiger partial charge in [-0.25, -0.2) is 17.5 Å². The molecule has 20 heavy (non-hydrogen) atoms. The second kappa shape index (κ2) is 5.71. The molecule has 0 amide bonds. The van der Waals surface area contributed by atoms with Crippen LogP contribution >= 0.6 is 11.3 Å². The van der Waals surface area contributed by atoms with Crippen molar-refractivity contribution in [2.45, 2.75) is 18.4 Å². The maximum atomic E-state index is 13.2. The van der Waals surface area contributed by atoms with Gasteiger partial charge in [0.25, 0.3) is 0 Å². The minimum Gasteiger partial charge on any atom is -0.207 e. The Morgan fingerprint density at radius 2 is 2.15 bits per heavy atom. The minimum atomic E-state index is -3.77. The molecule has 2 rings (SSSR count). The molecule has 0 spiro atoms. The fraction of sp³-hybridized carbons (Fsp3) is 0.154. The highest BCUT2D eigenvalue weighted by Gasteiger charge is 2.16. The molecule has 0 unspecified atom stereocenters. The van der Waals surface area contributed by atoms with Crippen LogP contribution in [-0.4, -0.2) is 8.42 Å². The number of thiophene rings is 1. The summed E-state index contributed by atoms with van der Waals surface area (Å²) in [5, 5.41) is 12.5. The molecule has 1 N–H and O–H groups in total. The predicted molar refractivity (Wildman–Crippen MR) is 74.2 cm³/mol. The zero-order valence-corrected chi connectivity index (χ0v) is 12.2. The third-order valence-corrected chi connectivity index (χ3v) is 5.09. The molecular formula is C13H11FN2O2S2. The number of hydrogen-bond acceptors (Lipinski definition) is 4. The largest absolute Gasteiger partial charge is 0.240 e. The number of halogens is 1. The zero-order chi connectivity index (χ0) is 14.8. The molecule has 4 nitrogen and oxygen atoms in total. The molecule has 1 aromatic heterocycles. The van der Waals surface area contributed by atoms with Crippen LogP contribution < -0.4 is 4.72 Å². The molecule has 7 heteroatoms. The third kappa shape index (κ3) is 3.04. The Kier molecular flexibility index (Phi) is 4.18. The number of rotatable bonds is 4. The van der Waals surface area contributed by atoms with Gasteiger partial charge >= 0.3 is 0 Å². The summed E-state index contributed by atoms with van der Waals surface area (Å²) in [7, 11) is -3.77. The Morgan fingerprint density at radius 3 is 2.75 bits per heavy atom. The standard InChI is InChI=1S/C13H11FN2O2S2/c1-9-7-19-8-11(9)6-16-20(17,18)12-2-3-13(14)10(4-12)5-15/h2-4,7-8,16H,6H2,1H3. The van der Waals surface area contributed by atoms with Gasteiger partial charge in [-0.3, -0.25) is 0 Å². The smallest absolute Gasteiger partial charge is 0.207 e. The summed E-state index contributed by atoms with van der Waals surface area (Å²) in [4.78, 5) is -0.122. The molecule has 0 bridgehead atoms. The average molecular weight is 310 g/mol. The molecule has 1 heterocycles. The highest BCUT2D eigenvalue weighted by Crippen LogP contribution is 2.17. The first-order valence-corrected chi connectivity index (χ1v) is 8.07. The van der Waals surface area contributed by atoms with Crippen molar-refractivity contribution in [1.29, 1.82) is 5.26 Å². The summed E-state index contributed by atoms with van der Waals surface area (Å²) < 4.78 is 39.8. The van der Waals surface area contributed by atoms with Crippen molar-refractivity contribution in [3.63, 3.8) is 0 Å². The molecule has 0 atom stereocenters. The summed E-state index contributed by atoms with van der Waals surface area (Å²) in [6.07, 6.45) is 0. The van der Waals surface area contributed by atoms with E-state index in [1.54, 1.807) is 6.07 Å². The summed E-state index contributed by atoms with van der Waals surface area (Å²) in [5.41, 5.74) is 1.61. The normalized spacial score (nSPS) is 11.2. The Hall–Kier alpha value is -1.75. The summed E-state index contributed by atoms with van der Waals surface area (Å²) >= 11 is 1.49. The lowest BCUT2D eigenvalue weighted by Crippen LogP contribution is -2.23. The lowest BCUT2D eigenvalue weighted by molar-refractivity contribution is 0.580. The Bertz CT molecular complexity index is 776. The van der Waals surface area contributed by atoms with E-state index in [1.165, 1.54) is 11.3 Å². The third-order valence-electron chi connectivity index (χ3n) is 2.78. The zero-order valence-electron chi connectivity index (χ0n) is 10.6. The van der Waals surface area contributed by atoms with Crippen molar-refractivity contribution in [2.24, 2.45) is 0 Å². The van der Waals surface area contributed by atoms with Crippen LogP contribution in [-0.2, 0) is 16.6 Å². The van der Waals surface area contributed by atoms with E-state index in [0.717, 1.165) is 29.3 Å². The molecule has 0 aliphatic heterocycles. The van der Waals surface area contributed by atoms with Crippen molar-refractivity contribution in [1.82, 2.24) is 4.72 Å². The Labute approximate surface area is 120 Å². The quantitative estimate of drug-likeness (QED) is 0.943. The lowest BCUT2D eigenvalue weighted by Gasteiger charge is -2.07. The monoisotopic (exact) mass is 310 g/mol. The second-order valence-corrected chi connectivity index (χ2v) is 6.67. The van der Waals surface area contributed by atoms with Gasteiger partial charge in [-0.15, -0.1) is 0 Å². The average Bonchev–Trinajstić information content (AvgIpc) is 2.82. The van der Waals surface area contributed by atoms with Gasteiger partial charge in [0.05, 0.1) is 10.5 Å². The van der Waals surface area contributed by atoms with Gasteiger partial charge in [0.1, 0.15) is 11.9 Å². The van der Waals surface area contributed by atoms with Crippen LogP contribution in [0.15, 0.2) is 33.9 Å². The van der Waals surface area contributed by atoms with E-state index in [2.05, 4.69) is 4.72 Å². The molecular weight excluding hydrogens is 299 g/mol. The van der Waals surface area contributed by atoms with Crippen LogP contribution in [0.1, 0.15) is 16.7 Å². The van der Waals surface area contributed by atoms with Crippen molar-refractivity contribution in [2.75, 3.05) is 0 Å². The predicted octanol–water partition coefficient (Wildman–Crippen LogP) is 2.55. The number of aryl methyl sites for hydroxylation is 1. The Morgan fingerprint density at radius 1 is 1.40 bits per heavy atom. The molecule has 0 fully saturated rings. The van der Waals surface area contributed by atoms with Gasteiger partial charge in [-0.05, 0) is 47.0 Å². The van der Waals surface area contributed by atoms with Gasteiger partial charge in [-0.1, -0.05) is 0 Å². The molecule has 0 saturated carbocycles. The second-order valence-electron chi connectivity index (χ2n) is 4.16. The van der Waals surface area contributed by atoms with Crippen molar-refractivity contribution in [3.05, 3.63) is 51.5 Å². The number of nitriles is 1. The first-order chi connectivity index (χ1) is 9.44. The first kappa shape index (κ1) is 14.7. The molecule has 0 aliphatic rings. The maximum Gasteiger partial charge on any atom is 0.240 e. The van der Waals surface area contributed by atoms with Gasteiger partial charge in [0, 0.05) is 6.54 Å². The minimum absolute atomic E-state index is 0.122. The Balaban J connectivity index is 2.23. The van der Waals surface area contributed by atoms with Gasteiger partial charge in [0.2, 0.25) is 10.0 Å². The lowest BCUT2D eigenvalue weighted by atomic mass is 10.2. The van der Waals surface area contributed by atoms with Crippen LogP contribution in [0.4, 0.5) is 4.39 Å². The van der Waals surface area contributed by atoms with Gasteiger partial charge in [0.15, 0.2) is 0 Å². The molecule has 0 aliphatic carbocycles. The van der Waals surface area contributed by atoms with E-state index in [0.29, 0.717) is 0 Å². The van der Waals surface area contributed by atoms with Crippen LogP contribution in [0.25, 0.3) is 0 Å². The summed E-state index contributed by atoms with van der Waals surface area (Å²) in [6.45, 7) is 2.06. The number of sulfonamides is 1. The van der Waals surface area contributed by atoms with Crippen LogP contribution in [0.5, 0.6) is 0 Å².